The number of halogens is 1. The average Bonchev–Trinajstić information content (AvgIpc) is 2.48. The Labute approximate surface area is 125 Å². The molecule has 2 heteroatoms. The fourth-order valence-electron chi connectivity index (χ4n) is 2.11. The van der Waals surface area contributed by atoms with Crippen molar-refractivity contribution in [2.45, 2.75) is 13.3 Å². The molecule has 20 heavy (non-hydrogen) atoms. The molecule has 0 aliphatic heterocycles. The van der Waals surface area contributed by atoms with Gasteiger partial charge in [-0.25, -0.2) is 0 Å². The van der Waals surface area contributed by atoms with Gasteiger partial charge in [0.25, 0.3) is 0 Å². The molecule has 0 saturated heterocycles. The van der Waals surface area contributed by atoms with Gasteiger partial charge in [0.15, 0.2) is 0 Å². The lowest BCUT2D eigenvalue weighted by molar-refractivity contribution is 0.152. The van der Waals surface area contributed by atoms with Gasteiger partial charge < -0.3 is 4.74 Å². The molecular formula is C18H19ClO. The van der Waals surface area contributed by atoms with E-state index in [2.05, 4.69) is 36.4 Å². The van der Waals surface area contributed by atoms with Crippen LogP contribution in [0.25, 0.3) is 5.57 Å². The third-order valence-electron chi connectivity index (χ3n) is 3.04. The molecule has 1 nitrogen and oxygen atoms in total. The van der Waals surface area contributed by atoms with Gasteiger partial charge in [-0.05, 0) is 42.2 Å². The highest BCUT2D eigenvalue weighted by atomic mass is 35.5. The molecule has 0 N–H and O–H groups in total. The second-order valence-corrected chi connectivity index (χ2v) is 4.92. The summed E-state index contributed by atoms with van der Waals surface area (Å²) in [6.45, 7) is 3.51. The summed E-state index contributed by atoms with van der Waals surface area (Å²) in [6, 6.07) is 18.3. The predicted octanol–water partition coefficient (Wildman–Crippen LogP) is 5.20. The maximum absolute atomic E-state index is 6.11. The van der Waals surface area contributed by atoms with Crippen molar-refractivity contribution in [2.24, 2.45) is 0 Å². The smallest absolute Gasteiger partial charge is 0.0500 e. The van der Waals surface area contributed by atoms with Gasteiger partial charge in [0.05, 0.1) is 6.61 Å². The van der Waals surface area contributed by atoms with Gasteiger partial charge in [-0.1, -0.05) is 60.1 Å². The van der Waals surface area contributed by atoms with Crippen LogP contribution in [0.15, 0.2) is 60.7 Å². The van der Waals surface area contributed by atoms with Gasteiger partial charge in [-0.15, -0.1) is 0 Å². The second kappa shape index (κ2) is 7.88. The molecule has 2 aromatic rings. The third-order valence-corrected chi connectivity index (χ3v) is 3.27. The summed E-state index contributed by atoms with van der Waals surface area (Å²) >= 11 is 6.11. The molecule has 0 aliphatic carbocycles. The van der Waals surface area contributed by atoms with E-state index in [1.54, 1.807) is 0 Å². The number of ether oxygens (including phenoxy) is 1. The Balaban J connectivity index is 2.29. The molecular weight excluding hydrogens is 268 g/mol. The van der Waals surface area contributed by atoms with Crippen LogP contribution in [0.3, 0.4) is 0 Å². The van der Waals surface area contributed by atoms with Gasteiger partial charge >= 0.3 is 0 Å². The third kappa shape index (κ3) is 4.22. The quantitative estimate of drug-likeness (QED) is 0.663. The van der Waals surface area contributed by atoms with E-state index in [0.29, 0.717) is 0 Å². The van der Waals surface area contributed by atoms with E-state index in [1.165, 1.54) is 11.1 Å². The van der Waals surface area contributed by atoms with Crippen molar-refractivity contribution in [3.05, 3.63) is 76.8 Å². The van der Waals surface area contributed by atoms with Crippen molar-refractivity contribution in [1.29, 1.82) is 0 Å². The molecule has 0 fully saturated rings. The van der Waals surface area contributed by atoms with Gasteiger partial charge in [-0.2, -0.15) is 0 Å². The minimum atomic E-state index is 0.743. The van der Waals surface area contributed by atoms with Gasteiger partial charge in [0, 0.05) is 11.6 Å². The van der Waals surface area contributed by atoms with Crippen LogP contribution in [0.4, 0.5) is 0 Å². The van der Waals surface area contributed by atoms with Crippen molar-refractivity contribution in [3.8, 4) is 0 Å². The van der Waals surface area contributed by atoms with E-state index in [4.69, 9.17) is 16.3 Å². The topological polar surface area (TPSA) is 9.23 Å². The summed E-state index contributed by atoms with van der Waals surface area (Å²) in [7, 11) is 0. The van der Waals surface area contributed by atoms with Gasteiger partial charge in [-0.3, -0.25) is 0 Å². The highest BCUT2D eigenvalue weighted by Crippen LogP contribution is 2.25. The normalized spacial score (nSPS) is 11.6. The molecule has 0 heterocycles. The zero-order valence-electron chi connectivity index (χ0n) is 11.7. The van der Waals surface area contributed by atoms with Gasteiger partial charge in [0.2, 0.25) is 0 Å². The molecule has 0 radical (unpaired) electrons. The van der Waals surface area contributed by atoms with Crippen molar-refractivity contribution in [1.82, 2.24) is 0 Å². The first-order valence-corrected chi connectivity index (χ1v) is 7.28. The predicted molar refractivity (Wildman–Crippen MR) is 86.1 cm³/mol. The average molecular weight is 287 g/mol. The Kier molecular flexibility index (Phi) is 5.85. The lowest BCUT2D eigenvalue weighted by Crippen LogP contribution is -1.93. The van der Waals surface area contributed by atoms with Crippen LogP contribution in [0.1, 0.15) is 24.5 Å². The van der Waals surface area contributed by atoms with Crippen molar-refractivity contribution < 1.29 is 4.74 Å². The summed E-state index contributed by atoms with van der Waals surface area (Å²) < 4.78 is 5.41. The standard InChI is InChI=1S/C18H19ClO/c1-2-20-13-7-12-18(15-8-4-3-5-9-15)16-10-6-11-17(19)14-16/h3-6,8-12,14H,2,7,13H2,1H3/b18-12+. The summed E-state index contributed by atoms with van der Waals surface area (Å²) in [5.41, 5.74) is 3.54. The molecule has 104 valence electrons. The molecule has 2 aromatic carbocycles. The van der Waals surface area contributed by atoms with E-state index < -0.39 is 0 Å². The molecule has 0 unspecified atom stereocenters. The van der Waals surface area contributed by atoms with E-state index in [9.17, 15) is 0 Å². The molecule has 0 bridgehead atoms. The van der Waals surface area contributed by atoms with Crippen molar-refractivity contribution >= 4 is 17.2 Å². The lowest BCUT2D eigenvalue weighted by Gasteiger charge is -2.09. The van der Waals surface area contributed by atoms with Gasteiger partial charge in [0.1, 0.15) is 0 Å². The summed E-state index contributed by atoms with van der Waals surface area (Å²) in [6.07, 6.45) is 3.11. The molecule has 0 aliphatic rings. The lowest BCUT2D eigenvalue weighted by atomic mass is 9.97. The highest BCUT2D eigenvalue weighted by molar-refractivity contribution is 6.30. The molecule has 0 spiro atoms. The largest absolute Gasteiger partial charge is 0.381 e. The highest BCUT2D eigenvalue weighted by Gasteiger charge is 2.04. The maximum Gasteiger partial charge on any atom is 0.0500 e. The SMILES string of the molecule is CCOCC/C=C(\c1ccccc1)c1cccc(Cl)c1. The van der Waals surface area contributed by atoms with Crippen LogP contribution in [0, 0.1) is 0 Å². The molecule has 2 rings (SSSR count). The fraction of sp³-hybridized carbons (Fsp3) is 0.222. The number of rotatable bonds is 6. The van der Waals surface area contributed by atoms with Crippen LogP contribution >= 0.6 is 11.6 Å². The zero-order chi connectivity index (χ0) is 14.2. The summed E-state index contributed by atoms with van der Waals surface area (Å²) in [5.74, 6) is 0. The Morgan fingerprint density at radius 3 is 2.50 bits per heavy atom. The molecule has 0 amide bonds. The van der Waals surface area contributed by atoms with Crippen LogP contribution in [0.5, 0.6) is 0 Å². The van der Waals surface area contributed by atoms with Crippen molar-refractivity contribution in [3.63, 3.8) is 0 Å². The minimum absolute atomic E-state index is 0.743. The van der Waals surface area contributed by atoms with E-state index >= 15 is 0 Å². The molecule has 0 aromatic heterocycles. The second-order valence-electron chi connectivity index (χ2n) is 4.48. The molecule has 0 atom stereocenters. The van der Waals surface area contributed by atoms with Crippen molar-refractivity contribution in [2.75, 3.05) is 13.2 Å². The number of hydrogen-bond acceptors (Lipinski definition) is 1. The maximum atomic E-state index is 6.11. The monoisotopic (exact) mass is 286 g/mol. The fourth-order valence-corrected chi connectivity index (χ4v) is 2.30. The summed E-state index contributed by atoms with van der Waals surface area (Å²) in [4.78, 5) is 0. The Bertz CT molecular complexity index is 561. The van der Waals surface area contributed by atoms with Crippen LogP contribution in [0.2, 0.25) is 5.02 Å². The Morgan fingerprint density at radius 2 is 1.80 bits per heavy atom. The van der Waals surface area contributed by atoms with Crippen LogP contribution in [-0.4, -0.2) is 13.2 Å². The van der Waals surface area contributed by atoms with E-state index in [1.807, 2.05) is 31.2 Å². The first-order valence-electron chi connectivity index (χ1n) is 6.90. The van der Waals surface area contributed by atoms with E-state index in [-0.39, 0.29) is 0 Å². The zero-order valence-corrected chi connectivity index (χ0v) is 12.4. The Morgan fingerprint density at radius 1 is 1.05 bits per heavy atom. The van der Waals surface area contributed by atoms with Crippen LogP contribution < -0.4 is 0 Å². The first-order chi connectivity index (χ1) is 9.81. The first kappa shape index (κ1) is 14.8. The van der Waals surface area contributed by atoms with Crippen LogP contribution in [-0.2, 0) is 4.74 Å². The summed E-state index contributed by atoms with van der Waals surface area (Å²) in [5, 5.41) is 0.758. The Hall–Kier alpha value is -1.57. The number of hydrogen-bond donors (Lipinski definition) is 0. The minimum Gasteiger partial charge on any atom is -0.381 e. The molecule has 0 saturated carbocycles. The number of benzene rings is 2. The van der Waals surface area contributed by atoms with E-state index in [0.717, 1.165) is 30.2 Å².